The van der Waals surface area contributed by atoms with Crippen LogP contribution >= 0.6 is 11.6 Å². The molecule has 5 heteroatoms. The Hall–Kier alpha value is -3.37. The molecule has 0 aromatic heterocycles. The molecule has 150 valence electrons. The van der Waals surface area contributed by atoms with Crippen LogP contribution in [0.25, 0.3) is 6.08 Å². The second kappa shape index (κ2) is 8.17. The molecule has 0 radical (unpaired) electrons. The van der Waals surface area contributed by atoms with Crippen LogP contribution in [0.15, 0.2) is 72.5 Å². The summed E-state index contributed by atoms with van der Waals surface area (Å²) in [6.07, 6.45) is 1.71. The molecule has 0 atom stereocenters. The molecule has 4 nitrogen and oxygen atoms in total. The number of ketones is 1. The second-order valence-electron chi connectivity index (χ2n) is 7.32. The highest BCUT2D eigenvalue weighted by atomic mass is 35.5. The van der Waals surface area contributed by atoms with Crippen molar-refractivity contribution in [1.29, 1.82) is 0 Å². The van der Waals surface area contributed by atoms with Gasteiger partial charge in [0.2, 0.25) is 5.78 Å². The molecule has 0 spiro atoms. The number of hydrogen-bond donors (Lipinski definition) is 0. The third-order valence-electron chi connectivity index (χ3n) is 4.81. The fourth-order valence-corrected chi connectivity index (χ4v) is 3.33. The lowest BCUT2D eigenvalue weighted by atomic mass is 10.0. The summed E-state index contributed by atoms with van der Waals surface area (Å²) >= 11 is 5.92. The number of rotatable bonds is 4. The standard InChI is InChI=1S/C25H19ClO4/c1-15(2)17-8-6-16(7-9-17)12-23-24(27)21-11-10-20(14-22(21)30-23)29-25(28)18-4-3-5-19(26)13-18/h3-15H,1-2H3/b23-12-. The molecule has 0 fully saturated rings. The molecule has 0 unspecified atom stereocenters. The highest BCUT2D eigenvalue weighted by Gasteiger charge is 2.28. The number of carbonyl (C=O) groups is 2. The van der Waals surface area contributed by atoms with E-state index in [2.05, 4.69) is 13.8 Å². The number of fused-ring (bicyclic) bond motifs is 1. The maximum atomic E-state index is 12.7. The zero-order valence-electron chi connectivity index (χ0n) is 16.5. The molecule has 0 bridgehead atoms. The van der Waals surface area contributed by atoms with E-state index in [1.807, 2.05) is 24.3 Å². The van der Waals surface area contributed by atoms with Crippen molar-refractivity contribution in [2.24, 2.45) is 0 Å². The summed E-state index contributed by atoms with van der Waals surface area (Å²) in [6.45, 7) is 4.26. The van der Waals surface area contributed by atoms with Gasteiger partial charge in [-0.15, -0.1) is 0 Å². The lowest BCUT2D eigenvalue weighted by Gasteiger charge is -2.06. The summed E-state index contributed by atoms with van der Waals surface area (Å²) in [6, 6.07) is 19.2. The average Bonchev–Trinajstić information content (AvgIpc) is 3.03. The van der Waals surface area contributed by atoms with Crippen molar-refractivity contribution < 1.29 is 19.1 Å². The summed E-state index contributed by atoms with van der Waals surface area (Å²) in [5, 5.41) is 0.448. The third-order valence-corrected chi connectivity index (χ3v) is 5.05. The molecular weight excluding hydrogens is 400 g/mol. The third kappa shape index (κ3) is 4.14. The Morgan fingerprint density at radius 1 is 1.03 bits per heavy atom. The van der Waals surface area contributed by atoms with Crippen LogP contribution in [0, 0.1) is 0 Å². The first-order valence-electron chi connectivity index (χ1n) is 9.57. The molecule has 30 heavy (non-hydrogen) atoms. The van der Waals surface area contributed by atoms with Crippen LogP contribution in [-0.4, -0.2) is 11.8 Å². The van der Waals surface area contributed by atoms with Crippen LogP contribution in [0.5, 0.6) is 11.5 Å². The summed E-state index contributed by atoms with van der Waals surface area (Å²) < 4.78 is 11.1. The molecule has 0 amide bonds. The Kier molecular flexibility index (Phi) is 5.42. The molecule has 0 aliphatic carbocycles. The van der Waals surface area contributed by atoms with Gasteiger partial charge >= 0.3 is 5.97 Å². The summed E-state index contributed by atoms with van der Waals surface area (Å²) in [4.78, 5) is 25.0. The first-order valence-corrected chi connectivity index (χ1v) is 9.94. The molecular formula is C25H19ClO4. The highest BCUT2D eigenvalue weighted by Crippen LogP contribution is 2.35. The molecule has 4 rings (SSSR count). The fraction of sp³-hybridized carbons (Fsp3) is 0.120. The van der Waals surface area contributed by atoms with E-state index in [0.717, 1.165) is 5.56 Å². The minimum Gasteiger partial charge on any atom is -0.452 e. The quantitative estimate of drug-likeness (QED) is 0.283. The lowest BCUT2D eigenvalue weighted by Crippen LogP contribution is -2.08. The van der Waals surface area contributed by atoms with Gasteiger partial charge in [-0.05, 0) is 53.5 Å². The van der Waals surface area contributed by atoms with Crippen LogP contribution in [0.3, 0.4) is 0 Å². The van der Waals surface area contributed by atoms with Crippen LogP contribution in [0.4, 0.5) is 0 Å². The molecule has 1 aliphatic heterocycles. The highest BCUT2D eigenvalue weighted by molar-refractivity contribution is 6.30. The van der Waals surface area contributed by atoms with E-state index < -0.39 is 5.97 Å². The van der Waals surface area contributed by atoms with Gasteiger partial charge in [-0.3, -0.25) is 4.79 Å². The number of benzene rings is 3. The van der Waals surface area contributed by atoms with E-state index >= 15 is 0 Å². The molecule has 1 heterocycles. The van der Waals surface area contributed by atoms with Crippen LogP contribution in [-0.2, 0) is 0 Å². The van der Waals surface area contributed by atoms with Crippen molar-refractivity contribution in [2.75, 3.05) is 0 Å². The Morgan fingerprint density at radius 3 is 2.50 bits per heavy atom. The fourth-order valence-electron chi connectivity index (χ4n) is 3.14. The van der Waals surface area contributed by atoms with E-state index in [4.69, 9.17) is 21.1 Å². The number of allylic oxidation sites excluding steroid dienone is 1. The van der Waals surface area contributed by atoms with Gasteiger partial charge in [-0.25, -0.2) is 4.79 Å². The van der Waals surface area contributed by atoms with Gasteiger partial charge in [0.1, 0.15) is 11.5 Å². The van der Waals surface area contributed by atoms with E-state index in [-0.39, 0.29) is 17.3 Å². The van der Waals surface area contributed by atoms with Gasteiger partial charge in [0.25, 0.3) is 0 Å². The van der Waals surface area contributed by atoms with E-state index in [1.54, 1.807) is 42.5 Å². The Labute approximate surface area is 179 Å². The topological polar surface area (TPSA) is 52.6 Å². The number of halogens is 1. The smallest absolute Gasteiger partial charge is 0.343 e. The summed E-state index contributed by atoms with van der Waals surface area (Å²) in [5.41, 5.74) is 2.88. The molecule has 0 N–H and O–H groups in total. The molecule has 0 saturated carbocycles. The van der Waals surface area contributed by atoms with Crippen molar-refractivity contribution in [2.45, 2.75) is 19.8 Å². The van der Waals surface area contributed by atoms with Gasteiger partial charge in [0.05, 0.1) is 11.1 Å². The van der Waals surface area contributed by atoms with Crippen LogP contribution < -0.4 is 9.47 Å². The average molecular weight is 419 g/mol. The number of Topliss-reactive ketones (excluding diaryl/α,β-unsaturated/α-hetero) is 1. The number of esters is 1. The van der Waals surface area contributed by atoms with Crippen molar-refractivity contribution in [3.8, 4) is 11.5 Å². The Bertz CT molecular complexity index is 1160. The maximum Gasteiger partial charge on any atom is 0.343 e. The molecule has 3 aromatic carbocycles. The van der Waals surface area contributed by atoms with Gasteiger partial charge in [0, 0.05) is 11.1 Å². The lowest BCUT2D eigenvalue weighted by molar-refractivity contribution is 0.0734. The van der Waals surface area contributed by atoms with Gasteiger partial charge in [-0.2, -0.15) is 0 Å². The number of carbonyl (C=O) groups excluding carboxylic acids is 2. The van der Waals surface area contributed by atoms with Crippen molar-refractivity contribution >= 4 is 29.4 Å². The molecule has 1 aliphatic rings. The predicted molar refractivity (Wildman–Crippen MR) is 116 cm³/mol. The minimum atomic E-state index is -0.539. The SMILES string of the molecule is CC(C)c1ccc(/C=C2\Oc3cc(OC(=O)c4cccc(Cl)c4)ccc3C2=O)cc1. The predicted octanol–water partition coefficient (Wildman–Crippen LogP) is 6.30. The molecule has 0 saturated heterocycles. The Balaban J connectivity index is 1.53. The number of hydrogen-bond acceptors (Lipinski definition) is 4. The largest absolute Gasteiger partial charge is 0.452 e. The van der Waals surface area contributed by atoms with Gasteiger partial charge in [-0.1, -0.05) is 55.8 Å². The number of ether oxygens (including phenoxy) is 2. The van der Waals surface area contributed by atoms with E-state index in [0.29, 0.717) is 27.8 Å². The summed E-state index contributed by atoms with van der Waals surface area (Å²) in [7, 11) is 0. The van der Waals surface area contributed by atoms with Crippen LogP contribution in [0.2, 0.25) is 5.02 Å². The molecule has 3 aromatic rings. The first kappa shape index (κ1) is 19.9. The maximum absolute atomic E-state index is 12.7. The zero-order valence-corrected chi connectivity index (χ0v) is 17.3. The Morgan fingerprint density at radius 2 is 1.80 bits per heavy atom. The monoisotopic (exact) mass is 418 g/mol. The zero-order chi connectivity index (χ0) is 21.3. The normalized spacial score (nSPS) is 14.0. The van der Waals surface area contributed by atoms with Gasteiger partial charge < -0.3 is 9.47 Å². The van der Waals surface area contributed by atoms with Crippen molar-refractivity contribution in [3.05, 3.63) is 99.8 Å². The second-order valence-corrected chi connectivity index (χ2v) is 7.76. The van der Waals surface area contributed by atoms with E-state index in [9.17, 15) is 9.59 Å². The summed E-state index contributed by atoms with van der Waals surface area (Å²) in [5.74, 6) is 0.581. The minimum absolute atomic E-state index is 0.203. The van der Waals surface area contributed by atoms with Crippen molar-refractivity contribution in [1.82, 2.24) is 0 Å². The van der Waals surface area contributed by atoms with Crippen molar-refractivity contribution in [3.63, 3.8) is 0 Å². The van der Waals surface area contributed by atoms with E-state index in [1.165, 1.54) is 11.6 Å². The first-order chi connectivity index (χ1) is 14.4. The van der Waals surface area contributed by atoms with Gasteiger partial charge in [0.15, 0.2) is 5.76 Å². The van der Waals surface area contributed by atoms with Crippen LogP contribution in [0.1, 0.15) is 51.6 Å².